The van der Waals surface area contributed by atoms with Crippen molar-refractivity contribution in [2.24, 2.45) is 0 Å². The zero-order valence-electron chi connectivity index (χ0n) is 16.6. The van der Waals surface area contributed by atoms with Crippen LogP contribution in [0.5, 0.6) is 23.0 Å². The van der Waals surface area contributed by atoms with Crippen LogP contribution in [0.4, 0.5) is 0 Å². The average molecular weight is 374 g/mol. The molecule has 0 radical (unpaired) electrons. The monoisotopic (exact) mass is 374 g/mol. The average Bonchev–Trinajstić information content (AvgIpc) is 2.69. The van der Waals surface area contributed by atoms with Gasteiger partial charge in [0, 0.05) is 0 Å². The molecule has 3 aromatic rings. The minimum absolute atomic E-state index is 0. The van der Waals surface area contributed by atoms with E-state index in [-0.39, 0.29) is 34.4 Å². The number of carbonyl (C=O) groups excluding carboxylic acids is 1. The smallest absolute Gasteiger partial charge is 1.00 e. The first-order chi connectivity index (χ1) is 12.7. The van der Waals surface area contributed by atoms with Crippen LogP contribution in [0.25, 0.3) is 0 Å². The maximum Gasteiger partial charge on any atom is 1.00 e. The van der Waals surface area contributed by atoms with E-state index in [2.05, 4.69) is 0 Å². The van der Waals surface area contributed by atoms with Gasteiger partial charge in [-0.1, -0.05) is 36.4 Å². The Morgan fingerprint density at radius 2 is 1.33 bits per heavy atom. The van der Waals surface area contributed by atoms with Crippen LogP contribution in [-0.4, -0.2) is 19.7 Å². The third-order valence-electron chi connectivity index (χ3n) is 3.75. The predicted octanol–water partition coefficient (Wildman–Crippen LogP) is 1.76. The number of hydrogen-bond donors (Lipinski definition) is 0. The molecule has 6 heteroatoms. The maximum atomic E-state index is 12.8. The molecule has 0 spiro atoms. The second-order valence-corrected chi connectivity index (χ2v) is 6.71. The molecule has 0 aromatic heterocycles. The molecule has 4 nitrogen and oxygen atoms in total. The van der Waals surface area contributed by atoms with E-state index in [0.29, 0.717) is 17.1 Å². The van der Waals surface area contributed by atoms with Crippen LogP contribution in [0.1, 0.15) is 11.8 Å². The first kappa shape index (κ1) is 21.1. The number of carbonyl (C=O) groups is 1. The molecule has 0 amide bonds. The van der Waals surface area contributed by atoms with E-state index in [9.17, 15) is 4.79 Å². The fourth-order valence-corrected chi connectivity index (χ4v) is 3.47. The van der Waals surface area contributed by atoms with Crippen molar-refractivity contribution in [2.75, 3.05) is 14.2 Å². The molecular formula is C21H20LiO4P. The molecule has 3 rings (SSSR count). The summed E-state index contributed by atoms with van der Waals surface area (Å²) >= 11 is 0. The third kappa shape index (κ3) is 5.37. The van der Waals surface area contributed by atoms with E-state index in [1.165, 1.54) is 0 Å². The van der Waals surface area contributed by atoms with E-state index in [0.717, 1.165) is 16.8 Å². The van der Waals surface area contributed by atoms with Gasteiger partial charge in [-0.15, -0.1) is 0 Å². The van der Waals surface area contributed by atoms with Crippen LogP contribution < -0.4 is 38.4 Å². The summed E-state index contributed by atoms with van der Waals surface area (Å²) in [6.45, 7) is 0. The first-order valence-corrected chi connectivity index (χ1v) is 9.06. The Balaban J connectivity index is 0.00000196. The Hall–Kier alpha value is -2.24. The molecule has 3 aromatic carbocycles. The summed E-state index contributed by atoms with van der Waals surface area (Å²) in [6.07, 6.45) is 0. The molecule has 0 aliphatic carbocycles. The number of methoxy groups -OCH3 is 2. The molecule has 27 heavy (non-hydrogen) atoms. The van der Waals surface area contributed by atoms with Gasteiger partial charge in [-0.3, -0.25) is 4.79 Å². The standard InChI is InChI=1S/C21H19O4P.Li.H/c1-23-18-9-6-10-19(24-2)20(18)21(22)26-17-13-11-16(12-14-17)25-15-7-4-3-5-8-15;;/h3-14,26H,1-2H3;;/q;+1;-1. The Morgan fingerprint density at radius 1 is 0.778 bits per heavy atom. The van der Waals surface area contributed by atoms with Gasteiger partial charge in [0.2, 0.25) is 0 Å². The summed E-state index contributed by atoms with van der Waals surface area (Å²) in [5, 5.41) is 0.920. The predicted molar refractivity (Wildman–Crippen MR) is 106 cm³/mol. The van der Waals surface area contributed by atoms with Crippen LogP contribution in [0.15, 0.2) is 72.8 Å². The normalized spacial score (nSPS) is 10.3. The number of benzene rings is 3. The second-order valence-electron chi connectivity index (χ2n) is 5.43. The first-order valence-electron chi connectivity index (χ1n) is 8.06. The van der Waals surface area contributed by atoms with Gasteiger partial charge in [-0.05, 0) is 50.3 Å². The summed E-state index contributed by atoms with van der Waals surface area (Å²) in [6, 6.07) is 22.4. The van der Waals surface area contributed by atoms with Gasteiger partial charge in [-0.2, -0.15) is 0 Å². The topological polar surface area (TPSA) is 44.8 Å². The Labute approximate surface area is 174 Å². The van der Waals surface area contributed by atoms with Gasteiger partial charge in [0.05, 0.1) is 14.2 Å². The maximum absolute atomic E-state index is 12.8. The van der Waals surface area contributed by atoms with E-state index in [1.54, 1.807) is 32.4 Å². The summed E-state index contributed by atoms with van der Waals surface area (Å²) in [5.41, 5.74) is 0.441. The zero-order chi connectivity index (χ0) is 18.4. The molecule has 0 N–H and O–H groups in total. The van der Waals surface area contributed by atoms with Crippen LogP contribution in [0.2, 0.25) is 0 Å². The minimum atomic E-state index is -0.0357. The third-order valence-corrected chi connectivity index (χ3v) is 4.85. The molecule has 1 unspecified atom stereocenters. The fourth-order valence-electron chi connectivity index (χ4n) is 2.50. The van der Waals surface area contributed by atoms with Gasteiger partial charge >= 0.3 is 18.9 Å². The summed E-state index contributed by atoms with van der Waals surface area (Å²) in [7, 11) is 3.06. The van der Waals surface area contributed by atoms with Crippen LogP contribution in [-0.2, 0) is 0 Å². The van der Waals surface area contributed by atoms with E-state index in [4.69, 9.17) is 14.2 Å². The molecule has 0 saturated carbocycles. The van der Waals surface area contributed by atoms with Crippen LogP contribution in [0.3, 0.4) is 0 Å². The Kier molecular flexibility index (Phi) is 7.94. The number of hydrogen-bond acceptors (Lipinski definition) is 4. The molecule has 134 valence electrons. The Bertz CT molecular complexity index is 866. The van der Waals surface area contributed by atoms with E-state index in [1.807, 2.05) is 54.6 Å². The SMILES string of the molecule is COc1cccc(OC)c1C(=O)Pc1ccc(Oc2ccccc2)cc1.[H-].[Li+]. The summed E-state index contributed by atoms with van der Waals surface area (Å²) in [5.74, 6) is 2.54. The van der Waals surface area contributed by atoms with Crippen molar-refractivity contribution < 1.29 is 39.3 Å². The van der Waals surface area contributed by atoms with Gasteiger partial charge in [0.25, 0.3) is 0 Å². The number of rotatable bonds is 7. The van der Waals surface area contributed by atoms with Crippen molar-refractivity contribution in [3.63, 3.8) is 0 Å². The largest absolute Gasteiger partial charge is 1.00 e. The molecule has 0 heterocycles. The van der Waals surface area contributed by atoms with Crippen molar-refractivity contribution in [1.29, 1.82) is 0 Å². The quantitative estimate of drug-likeness (QED) is 0.467. The van der Waals surface area contributed by atoms with Gasteiger partial charge in [-0.25, -0.2) is 0 Å². The van der Waals surface area contributed by atoms with Crippen LogP contribution in [0, 0.1) is 0 Å². The summed E-state index contributed by atoms with van der Waals surface area (Å²) in [4.78, 5) is 12.8. The molecule has 0 bridgehead atoms. The zero-order valence-corrected chi connectivity index (χ0v) is 16.6. The number of para-hydroxylation sites is 1. The van der Waals surface area contributed by atoms with Gasteiger partial charge in [0.15, 0.2) is 5.52 Å². The summed E-state index contributed by atoms with van der Waals surface area (Å²) < 4.78 is 16.4. The minimum Gasteiger partial charge on any atom is -1.00 e. The number of ether oxygens (including phenoxy) is 3. The van der Waals surface area contributed by atoms with E-state index < -0.39 is 0 Å². The molecule has 0 aliphatic rings. The molecule has 0 aliphatic heterocycles. The second kappa shape index (κ2) is 10.2. The Morgan fingerprint density at radius 3 is 1.89 bits per heavy atom. The molecular weight excluding hydrogens is 354 g/mol. The molecule has 0 fully saturated rings. The van der Waals surface area contributed by atoms with Crippen LogP contribution >= 0.6 is 8.58 Å². The van der Waals surface area contributed by atoms with Crippen molar-refractivity contribution in [3.8, 4) is 23.0 Å². The molecule has 1 atom stereocenters. The van der Waals surface area contributed by atoms with E-state index >= 15 is 0 Å². The van der Waals surface area contributed by atoms with Gasteiger partial charge in [0.1, 0.15) is 28.6 Å². The van der Waals surface area contributed by atoms with Crippen molar-refractivity contribution in [2.45, 2.75) is 0 Å². The fraction of sp³-hybridized carbons (Fsp3) is 0.0952. The van der Waals surface area contributed by atoms with Crippen molar-refractivity contribution in [3.05, 3.63) is 78.4 Å². The van der Waals surface area contributed by atoms with Crippen molar-refractivity contribution >= 4 is 19.4 Å². The van der Waals surface area contributed by atoms with Gasteiger partial charge < -0.3 is 15.6 Å². The molecule has 0 saturated heterocycles. The van der Waals surface area contributed by atoms with Crippen molar-refractivity contribution in [1.82, 2.24) is 0 Å².